The Bertz CT molecular complexity index is 2520. The van der Waals surface area contributed by atoms with Crippen molar-refractivity contribution in [2.24, 2.45) is 0 Å². The lowest BCUT2D eigenvalue weighted by atomic mass is 9.94. The molecule has 2 aromatic heterocycles. The zero-order valence-corrected chi connectivity index (χ0v) is 33.7. The number of nitro groups is 1. The highest BCUT2D eigenvalue weighted by atomic mass is 32.2. The van der Waals surface area contributed by atoms with E-state index in [0.29, 0.717) is 66.0 Å². The number of para-hydroxylation sites is 1. The van der Waals surface area contributed by atoms with Crippen LogP contribution in [0, 0.1) is 10.1 Å². The summed E-state index contributed by atoms with van der Waals surface area (Å²) in [6.45, 7) is 2.10. The zero-order valence-electron chi connectivity index (χ0n) is 31.2. The number of sulfonamides is 1. The second kappa shape index (κ2) is 17.2. The molecule has 6 aromatic rings. The normalized spacial score (nSPS) is 12.7. The number of hydrogen-bond donors (Lipinski definition) is 3. The summed E-state index contributed by atoms with van der Waals surface area (Å²) in [5.41, 5.74) is 3.90. The minimum atomic E-state index is -4.54. The molecule has 294 valence electrons. The first-order valence-corrected chi connectivity index (χ1v) is 21.4. The van der Waals surface area contributed by atoms with Crippen LogP contribution in [0.25, 0.3) is 10.2 Å². The molecule has 3 heterocycles. The molecule has 0 atom stereocenters. The van der Waals surface area contributed by atoms with Gasteiger partial charge in [-0.25, -0.2) is 23.1 Å². The van der Waals surface area contributed by atoms with Crippen LogP contribution in [-0.4, -0.2) is 73.8 Å². The number of aryl methyl sites for hydroxylation is 2. The second-order valence-corrected chi connectivity index (χ2v) is 17.5. The fraction of sp³-hybridized carbons (Fsp3) is 0.250. The van der Waals surface area contributed by atoms with E-state index in [1.807, 2.05) is 90.6 Å². The fourth-order valence-corrected chi connectivity index (χ4v) is 9.51. The highest BCUT2D eigenvalue weighted by Crippen LogP contribution is 2.34. The van der Waals surface area contributed by atoms with Crippen molar-refractivity contribution in [2.45, 2.75) is 37.1 Å². The van der Waals surface area contributed by atoms with E-state index in [0.717, 1.165) is 39.5 Å². The lowest BCUT2D eigenvalue weighted by Gasteiger charge is -2.29. The predicted octanol–water partition coefficient (Wildman–Crippen LogP) is 6.74. The van der Waals surface area contributed by atoms with Crippen LogP contribution in [0.5, 0.6) is 0 Å². The SMILES string of the molecule is CN(C)CCCNc1ccc(S(=O)(=O)NC(=O)c2nc(N3CCc4cccc(C(=O)Nc5nc6ccccc6s5)c4C3)sc2CCc2ccccc2)cc1[N+](=O)[O-]. The van der Waals surface area contributed by atoms with Crippen LogP contribution in [0.2, 0.25) is 0 Å². The van der Waals surface area contributed by atoms with E-state index < -0.39 is 31.4 Å². The standard InChI is InChI=1S/C40H40N8O6S3/c1-46(2)22-9-21-41-31-18-17-28(24-33(31)48(51)52)57(53,54)45-38(50)36-35(19-16-26-10-4-3-5-11-26)56-40(43-36)47-23-20-27-12-8-13-29(30(27)25-47)37(49)44-39-42-32-14-6-7-15-34(32)55-39/h3-8,10-15,17-18,24,41H,9,16,19-23,25H2,1-2H3,(H,45,50)(H,42,44,49). The van der Waals surface area contributed by atoms with E-state index in [1.54, 1.807) is 6.07 Å². The van der Waals surface area contributed by atoms with Gasteiger partial charge in [0.25, 0.3) is 27.5 Å². The largest absolute Gasteiger partial charge is 0.379 e. The molecule has 7 rings (SSSR count). The molecule has 3 N–H and O–H groups in total. The first kappa shape index (κ1) is 39.5. The van der Waals surface area contributed by atoms with E-state index in [1.165, 1.54) is 34.8 Å². The highest BCUT2D eigenvalue weighted by Gasteiger charge is 2.30. The van der Waals surface area contributed by atoms with Gasteiger partial charge in [0.2, 0.25) is 0 Å². The summed E-state index contributed by atoms with van der Waals surface area (Å²) in [7, 11) is -0.696. The number of nitrogens with one attached hydrogen (secondary N) is 3. The van der Waals surface area contributed by atoms with Gasteiger partial charge in [0.15, 0.2) is 10.3 Å². The molecule has 0 saturated heterocycles. The smallest absolute Gasteiger partial charge is 0.293 e. The Labute approximate surface area is 337 Å². The zero-order chi connectivity index (χ0) is 40.1. The summed E-state index contributed by atoms with van der Waals surface area (Å²) < 4.78 is 30.3. The molecular formula is C40H40N8O6S3. The van der Waals surface area contributed by atoms with Crippen molar-refractivity contribution >= 4 is 76.4 Å². The van der Waals surface area contributed by atoms with Crippen LogP contribution < -0.4 is 20.3 Å². The molecule has 0 fully saturated rings. The molecule has 0 radical (unpaired) electrons. The summed E-state index contributed by atoms with van der Waals surface area (Å²) in [6.07, 6.45) is 2.31. The molecule has 0 spiro atoms. The van der Waals surface area contributed by atoms with Crippen LogP contribution in [0.3, 0.4) is 0 Å². The third-order valence-electron chi connectivity index (χ3n) is 9.49. The Kier molecular flexibility index (Phi) is 11.9. The fourth-order valence-electron chi connectivity index (χ4n) is 6.60. The van der Waals surface area contributed by atoms with Crippen LogP contribution >= 0.6 is 22.7 Å². The van der Waals surface area contributed by atoms with Gasteiger partial charge >= 0.3 is 0 Å². The first-order valence-electron chi connectivity index (χ1n) is 18.3. The number of thiazole rings is 2. The minimum absolute atomic E-state index is 0.0455. The highest BCUT2D eigenvalue weighted by molar-refractivity contribution is 7.90. The number of anilines is 3. The predicted molar refractivity (Wildman–Crippen MR) is 224 cm³/mol. The third-order valence-corrected chi connectivity index (χ3v) is 12.9. The maximum atomic E-state index is 13.9. The Hall–Kier alpha value is -5.75. The van der Waals surface area contributed by atoms with Crippen molar-refractivity contribution in [3.63, 3.8) is 0 Å². The maximum Gasteiger partial charge on any atom is 0.293 e. The van der Waals surface area contributed by atoms with Crippen LogP contribution in [0.1, 0.15) is 48.8 Å². The molecule has 14 nitrogen and oxygen atoms in total. The summed E-state index contributed by atoms with van der Waals surface area (Å²) in [6, 6.07) is 26.5. The molecule has 57 heavy (non-hydrogen) atoms. The van der Waals surface area contributed by atoms with Gasteiger partial charge in [-0.3, -0.25) is 25.0 Å². The van der Waals surface area contributed by atoms with E-state index in [9.17, 15) is 28.1 Å². The molecular weight excluding hydrogens is 785 g/mol. The molecule has 0 bridgehead atoms. The number of hydrogen-bond acceptors (Lipinski definition) is 13. The quantitative estimate of drug-likeness (QED) is 0.0567. The van der Waals surface area contributed by atoms with Crippen LogP contribution in [-0.2, 0) is 35.8 Å². The van der Waals surface area contributed by atoms with Crippen LogP contribution in [0.4, 0.5) is 21.6 Å². The van der Waals surface area contributed by atoms with Gasteiger partial charge in [-0.15, -0.1) is 11.3 Å². The topological polar surface area (TPSA) is 180 Å². The number of amides is 2. The molecule has 0 saturated carbocycles. The molecule has 0 unspecified atom stereocenters. The molecule has 17 heteroatoms. The Balaban J connectivity index is 1.13. The van der Waals surface area contributed by atoms with Crippen LogP contribution in [0.15, 0.2) is 95.9 Å². The average Bonchev–Trinajstić information content (AvgIpc) is 3.82. The summed E-state index contributed by atoms with van der Waals surface area (Å²) in [4.78, 5) is 52.2. The third kappa shape index (κ3) is 9.28. The van der Waals surface area contributed by atoms with Gasteiger partial charge in [0.05, 0.1) is 20.0 Å². The number of nitro benzene ring substituents is 1. The molecule has 2 amide bonds. The van der Waals surface area contributed by atoms with E-state index in [-0.39, 0.29) is 17.3 Å². The van der Waals surface area contributed by atoms with Gasteiger partial charge in [-0.2, -0.15) is 0 Å². The Morgan fingerprint density at radius 1 is 0.930 bits per heavy atom. The average molecular weight is 825 g/mol. The van der Waals surface area contributed by atoms with E-state index in [2.05, 4.69) is 20.3 Å². The number of rotatable bonds is 15. The minimum Gasteiger partial charge on any atom is -0.379 e. The lowest BCUT2D eigenvalue weighted by molar-refractivity contribution is -0.384. The van der Waals surface area contributed by atoms with E-state index in [4.69, 9.17) is 4.98 Å². The molecule has 0 aliphatic carbocycles. The number of nitrogens with zero attached hydrogens (tertiary/aromatic N) is 5. The van der Waals surface area contributed by atoms with Gasteiger partial charge in [-0.1, -0.05) is 65.9 Å². The first-order chi connectivity index (χ1) is 27.4. The molecule has 4 aromatic carbocycles. The van der Waals surface area contributed by atoms with Crippen molar-refractivity contribution in [1.29, 1.82) is 0 Å². The Morgan fingerprint density at radius 3 is 2.49 bits per heavy atom. The van der Waals surface area contributed by atoms with Gasteiger partial charge < -0.3 is 15.1 Å². The number of aromatic nitrogens is 2. The van der Waals surface area contributed by atoms with Crippen molar-refractivity contribution in [3.8, 4) is 0 Å². The Morgan fingerprint density at radius 2 is 1.72 bits per heavy atom. The number of benzene rings is 4. The maximum absolute atomic E-state index is 13.9. The number of fused-ring (bicyclic) bond motifs is 2. The number of carbonyl (C=O) groups is 2. The summed E-state index contributed by atoms with van der Waals surface area (Å²) >= 11 is 2.70. The summed E-state index contributed by atoms with van der Waals surface area (Å²) in [5, 5.41) is 18.9. The van der Waals surface area contributed by atoms with Gasteiger partial charge in [0, 0.05) is 36.1 Å². The van der Waals surface area contributed by atoms with Crippen molar-refractivity contribution in [3.05, 3.63) is 134 Å². The monoisotopic (exact) mass is 824 g/mol. The van der Waals surface area contributed by atoms with Crippen molar-refractivity contribution in [2.75, 3.05) is 49.3 Å². The van der Waals surface area contributed by atoms with Gasteiger partial charge in [0.1, 0.15) is 11.4 Å². The summed E-state index contributed by atoms with van der Waals surface area (Å²) in [5.74, 6) is -1.23. The molecule has 1 aliphatic heterocycles. The number of carbonyl (C=O) groups excluding carboxylic acids is 2. The lowest BCUT2D eigenvalue weighted by Crippen LogP contribution is -2.33. The second-order valence-electron chi connectivity index (χ2n) is 13.8. The molecule has 1 aliphatic rings. The van der Waals surface area contributed by atoms with Gasteiger partial charge in [-0.05, 0) is 93.3 Å². The van der Waals surface area contributed by atoms with E-state index >= 15 is 0 Å². The van der Waals surface area contributed by atoms with Crippen molar-refractivity contribution in [1.82, 2.24) is 19.6 Å². The van der Waals surface area contributed by atoms with Crippen molar-refractivity contribution < 1.29 is 22.9 Å².